The van der Waals surface area contributed by atoms with E-state index in [4.69, 9.17) is 0 Å². The molecular formula is C16H22N4OS2. The molecule has 0 spiro atoms. The fourth-order valence-electron chi connectivity index (χ4n) is 2.81. The van der Waals surface area contributed by atoms with E-state index in [0.717, 1.165) is 28.7 Å². The maximum atomic E-state index is 12.4. The zero-order valence-corrected chi connectivity index (χ0v) is 15.1. The predicted octanol–water partition coefficient (Wildman–Crippen LogP) is 3.47. The van der Waals surface area contributed by atoms with Crippen LogP contribution >= 0.6 is 23.1 Å². The lowest BCUT2D eigenvalue weighted by Gasteiger charge is -2.24. The van der Waals surface area contributed by atoms with Crippen LogP contribution in [0.3, 0.4) is 0 Å². The molecule has 0 aromatic carbocycles. The number of thiophene rings is 1. The van der Waals surface area contributed by atoms with Gasteiger partial charge in [0.2, 0.25) is 5.91 Å². The zero-order valence-electron chi connectivity index (χ0n) is 13.5. The van der Waals surface area contributed by atoms with E-state index in [9.17, 15) is 4.79 Å². The van der Waals surface area contributed by atoms with E-state index in [1.165, 1.54) is 31.0 Å². The first kappa shape index (κ1) is 16.5. The number of carbonyl (C=O) groups excluding carboxylic acids is 1. The van der Waals surface area contributed by atoms with Gasteiger partial charge in [-0.05, 0) is 31.2 Å². The first-order valence-electron chi connectivity index (χ1n) is 8.05. The quantitative estimate of drug-likeness (QED) is 0.839. The third kappa shape index (κ3) is 3.95. The molecule has 0 radical (unpaired) electrons. The molecule has 2 aromatic rings. The van der Waals surface area contributed by atoms with Crippen LogP contribution in [0.4, 0.5) is 0 Å². The van der Waals surface area contributed by atoms with Crippen LogP contribution in [-0.4, -0.2) is 32.0 Å². The first-order chi connectivity index (χ1) is 11.1. The van der Waals surface area contributed by atoms with Crippen LogP contribution in [0.15, 0.2) is 22.7 Å². The number of aromatic nitrogens is 3. The Morgan fingerprint density at radius 2 is 2.17 bits per heavy atom. The molecule has 0 aliphatic heterocycles. The highest BCUT2D eigenvalue weighted by Gasteiger charge is 2.22. The largest absolute Gasteiger partial charge is 0.352 e. The number of rotatable bonds is 5. The molecule has 23 heavy (non-hydrogen) atoms. The maximum absolute atomic E-state index is 12.4. The number of hydrogen-bond donors (Lipinski definition) is 1. The normalized spacial score (nSPS) is 17.1. The summed E-state index contributed by atoms with van der Waals surface area (Å²) in [5, 5.41) is 14.3. The standard InChI is InChI=1S/C16H22N4OS2/c1-11(15(21)17-12-7-4-3-5-8-12)23-16-19-18-14(20(16)2)13-9-6-10-22-13/h6,9-12H,3-5,7-8H2,1-2H3,(H,17,21)/t11-/m1/s1. The molecule has 0 unspecified atom stereocenters. The van der Waals surface area contributed by atoms with Crippen molar-refractivity contribution in [2.24, 2.45) is 7.05 Å². The highest BCUT2D eigenvalue weighted by atomic mass is 32.2. The lowest BCUT2D eigenvalue weighted by Crippen LogP contribution is -2.40. The Kier molecular flexibility index (Phi) is 5.38. The van der Waals surface area contributed by atoms with Gasteiger partial charge in [0.25, 0.3) is 0 Å². The Balaban J connectivity index is 1.61. The van der Waals surface area contributed by atoms with Crippen molar-refractivity contribution in [3.05, 3.63) is 17.5 Å². The van der Waals surface area contributed by atoms with E-state index >= 15 is 0 Å². The molecule has 2 heterocycles. The number of hydrogen-bond acceptors (Lipinski definition) is 5. The summed E-state index contributed by atoms with van der Waals surface area (Å²) in [5.74, 6) is 0.949. The summed E-state index contributed by atoms with van der Waals surface area (Å²) in [6.07, 6.45) is 5.95. The monoisotopic (exact) mass is 350 g/mol. The van der Waals surface area contributed by atoms with Gasteiger partial charge in [-0.3, -0.25) is 4.79 Å². The molecule has 124 valence electrons. The number of nitrogens with zero attached hydrogens (tertiary/aromatic N) is 3. The van der Waals surface area contributed by atoms with Crippen LogP contribution in [0.5, 0.6) is 0 Å². The Morgan fingerprint density at radius 1 is 1.39 bits per heavy atom. The Labute approximate surface area is 144 Å². The van der Waals surface area contributed by atoms with E-state index in [1.807, 2.05) is 36.1 Å². The molecule has 2 aromatic heterocycles. The molecule has 3 rings (SSSR count). The average molecular weight is 351 g/mol. The molecule has 1 atom stereocenters. The maximum Gasteiger partial charge on any atom is 0.233 e. The van der Waals surface area contributed by atoms with Crippen molar-refractivity contribution in [1.82, 2.24) is 20.1 Å². The summed E-state index contributed by atoms with van der Waals surface area (Å²) in [6, 6.07) is 4.38. The van der Waals surface area contributed by atoms with Crippen molar-refractivity contribution in [2.45, 2.75) is 55.5 Å². The zero-order chi connectivity index (χ0) is 16.2. The van der Waals surface area contributed by atoms with Crippen LogP contribution in [0.2, 0.25) is 0 Å². The molecule has 5 nitrogen and oxygen atoms in total. The molecule has 7 heteroatoms. The summed E-state index contributed by atoms with van der Waals surface area (Å²) in [5.41, 5.74) is 0. The topological polar surface area (TPSA) is 59.8 Å². The minimum atomic E-state index is -0.170. The van der Waals surface area contributed by atoms with E-state index < -0.39 is 0 Å². The molecule has 0 bridgehead atoms. The van der Waals surface area contributed by atoms with Crippen LogP contribution in [0, 0.1) is 0 Å². The van der Waals surface area contributed by atoms with Crippen molar-refractivity contribution < 1.29 is 4.79 Å². The van der Waals surface area contributed by atoms with Gasteiger partial charge in [-0.1, -0.05) is 37.1 Å². The van der Waals surface area contributed by atoms with E-state index in [2.05, 4.69) is 15.5 Å². The smallest absolute Gasteiger partial charge is 0.233 e. The van der Waals surface area contributed by atoms with Gasteiger partial charge in [0, 0.05) is 13.1 Å². The average Bonchev–Trinajstić information content (AvgIpc) is 3.19. The predicted molar refractivity (Wildman–Crippen MR) is 94.7 cm³/mol. The van der Waals surface area contributed by atoms with Gasteiger partial charge in [-0.15, -0.1) is 21.5 Å². The summed E-state index contributed by atoms with van der Waals surface area (Å²) >= 11 is 3.11. The fraction of sp³-hybridized carbons (Fsp3) is 0.562. The number of amides is 1. The van der Waals surface area contributed by atoms with Crippen LogP contribution in [0.25, 0.3) is 10.7 Å². The van der Waals surface area contributed by atoms with Crippen LogP contribution in [-0.2, 0) is 11.8 Å². The summed E-state index contributed by atoms with van der Waals surface area (Å²) in [6.45, 7) is 1.93. The molecule has 1 saturated carbocycles. The molecule has 1 aliphatic rings. The highest BCUT2D eigenvalue weighted by Crippen LogP contribution is 2.28. The van der Waals surface area contributed by atoms with E-state index in [1.54, 1.807) is 11.3 Å². The van der Waals surface area contributed by atoms with E-state index in [-0.39, 0.29) is 11.2 Å². The van der Waals surface area contributed by atoms with Gasteiger partial charge < -0.3 is 9.88 Å². The lowest BCUT2D eigenvalue weighted by molar-refractivity contribution is -0.121. The van der Waals surface area contributed by atoms with Crippen molar-refractivity contribution in [3.63, 3.8) is 0 Å². The van der Waals surface area contributed by atoms with Crippen molar-refractivity contribution in [2.75, 3.05) is 0 Å². The summed E-state index contributed by atoms with van der Waals surface area (Å²) in [7, 11) is 1.95. The third-order valence-electron chi connectivity index (χ3n) is 4.18. The molecule has 1 fully saturated rings. The van der Waals surface area contributed by atoms with Crippen molar-refractivity contribution in [1.29, 1.82) is 0 Å². The molecule has 1 aliphatic carbocycles. The first-order valence-corrected chi connectivity index (χ1v) is 9.81. The molecule has 0 saturated heterocycles. The molecule has 1 amide bonds. The minimum Gasteiger partial charge on any atom is -0.352 e. The Bertz CT molecular complexity index is 647. The second-order valence-corrected chi connectivity index (χ2v) is 8.20. The number of thioether (sulfide) groups is 1. The highest BCUT2D eigenvalue weighted by molar-refractivity contribution is 8.00. The fourth-order valence-corrected chi connectivity index (χ4v) is 4.38. The van der Waals surface area contributed by atoms with E-state index in [0.29, 0.717) is 6.04 Å². The van der Waals surface area contributed by atoms with Gasteiger partial charge >= 0.3 is 0 Å². The molecule has 1 N–H and O–H groups in total. The number of nitrogens with one attached hydrogen (secondary N) is 1. The van der Waals surface area contributed by atoms with Gasteiger partial charge in [0.05, 0.1) is 10.1 Å². The van der Waals surface area contributed by atoms with Crippen LogP contribution in [0.1, 0.15) is 39.0 Å². The third-order valence-corrected chi connectivity index (χ3v) is 6.18. The van der Waals surface area contributed by atoms with Crippen molar-refractivity contribution in [3.8, 4) is 10.7 Å². The Hall–Kier alpha value is -1.34. The van der Waals surface area contributed by atoms with Crippen LogP contribution < -0.4 is 5.32 Å². The minimum absolute atomic E-state index is 0.0996. The summed E-state index contributed by atoms with van der Waals surface area (Å²) < 4.78 is 1.96. The van der Waals surface area contributed by atoms with Gasteiger partial charge in [0.1, 0.15) is 0 Å². The number of carbonyl (C=O) groups is 1. The molecular weight excluding hydrogens is 328 g/mol. The second kappa shape index (κ2) is 7.49. The SMILES string of the molecule is C[C@@H](Sc1nnc(-c2cccs2)n1C)C(=O)NC1CCCCC1. The van der Waals surface area contributed by atoms with Crippen molar-refractivity contribution >= 4 is 29.0 Å². The van der Waals surface area contributed by atoms with Gasteiger partial charge in [0.15, 0.2) is 11.0 Å². The lowest BCUT2D eigenvalue weighted by atomic mass is 9.95. The van der Waals surface area contributed by atoms with Gasteiger partial charge in [-0.2, -0.15) is 0 Å². The summed E-state index contributed by atoms with van der Waals surface area (Å²) in [4.78, 5) is 13.5. The second-order valence-electron chi connectivity index (χ2n) is 5.95. The Morgan fingerprint density at radius 3 is 2.87 bits per heavy atom. The van der Waals surface area contributed by atoms with Gasteiger partial charge in [-0.25, -0.2) is 0 Å².